The van der Waals surface area contributed by atoms with Crippen molar-refractivity contribution >= 4 is 11.8 Å². The summed E-state index contributed by atoms with van der Waals surface area (Å²) in [6.45, 7) is 3.39. The summed E-state index contributed by atoms with van der Waals surface area (Å²) in [6, 6.07) is 8.72. The zero-order valence-electron chi connectivity index (χ0n) is 9.90. The van der Waals surface area contributed by atoms with E-state index in [0.29, 0.717) is 6.04 Å². The Kier molecular flexibility index (Phi) is 4.13. The topological polar surface area (TPSA) is 21.3 Å². The normalized spacial score (nSPS) is 26.1. The van der Waals surface area contributed by atoms with Gasteiger partial charge in [-0.05, 0) is 24.3 Å². The highest BCUT2D eigenvalue weighted by atomic mass is 32.2. The number of benzene rings is 1. The number of rotatable bonds is 2. The number of ether oxygens (including phenoxy) is 1. The second kappa shape index (κ2) is 5.60. The van der Waals surface area contributed by atoms with Crippen molar-refractivity contribution in [1.29, 1.82) is 0 Å². The lowest BCUT2D eigenvalue weighted by Crippen LogP contribution is -2.25. The Morgan fingerprint density at radius 3 is 2.94 bits per heavy atom. The van der Waals surface area contributed by atoms with E-state index in [4.69, 9.17) is 4.74 Å². The maximum Gasteiger partial charge on any atom is 0.123 e. The molecule has 1 aliphatic rings. The van der Waals surface area contributed by atoms with E-state index in [9.17, 15) is 0 Å². The number of hydrogen-bond donors (Lipinski definition) is 1. The smallest absolute Gasteiger partial charge is 0.123 e. The van der Waals surface area contributed by atoms with Gasteiger partial charge in [-0.1, -0.05) is 25.1 Å². The molecule has 1 heterocycles. The molecule has 1 aromatic rings. The van der Waals surface area contributed by atoms with Crippen molar-refractivity contribution < 1.29 is 4.74 Å². The SMILES string of the molecule is COc1ccccc1C1CSCC(C)CN1. The van der Waals surface area contributed by atoms with Crippen LogP contribution in [-0.4, -0.2) is 25.2 Å². The monoisotopic (exact) mass is 237 g/mol. The summed E-state index contributed by atoms with van der Waals surface area (Å²) in [6.07, 6.45) is 0. The van der Waals surface area contributed by atoms with Gasteiger partial charge in [0.2, 0.25) is 0 Å². The van der Waals surface area contributed by atoms with E-state index < -0.39 is 0 Å². The molecule has 0 aliphatic carbocycles. The summed E-state index contributed by atoms with van der Waals surface area (Å²) in [4.78, 5) is 0. The van der Waals surface area contributed by atoms with Gasteiger partial charge in [-0.2, -0.15) is 11.8 Å². The number of methoxy groups -OCH3 is 1. The quantitative estimate of drug-likeness (QED) is 0.854. The minimum atomic E-state index is 0.422. The molecule has 0 saturated carbocycles. The second-order valence-corrected chi connectivity index (χ2v) is 5.42. The van der Waals surface area contributed by atoms with E-state index in [0.717, 1.165) is 24.0 Å². The van der Waals surface area contributed by atoms with Crippen LogP contribution in [0, 0.1) is 5.92 Å². The van der Waals surface area contributed by atoms with Gasteiger partial charge in [0, 0.05) is 17.4 Å². The molecule has 1 saturated heterocycles. The van der Waals surface area contributed by atoms with Crippen LogP contribution in [0.15, 0.2) is 24.3 Å². The summed E-state index contributed by atoms with van der Waals surface area (Å²) >= 11 is 2.03. The standard InChI is InChI=1S/C13H19NOS/c1-10-7-14-12(9-16-8-10)11-5-3-4-6-13(11)15-2/h3-6,10,12,14H,7-9H2,1-2H3. The van der Waals surface area contributed by atoms with Crippen molar-refractivity contribution in [2.24, 2.45) is 5.92 Å². The predicted octanol–water partition coefficient (Wildman–Crippen LogP) is 2.71. The van der Waals surface area contributed by atoms with Gasteiger partial charge < -0.3 is 10.1 Å². The first-order valence-corrected chi connectivity index (χ1v) is 6.90. The fourth-order valence-corrected chi connectivity index (χ4v) is 3.19. The molecular weight excluding hydrogens is 218 g/mol. The van der Waals surface area contributed by atoms with Crippen LogP contribution >= 0.6 is 11.8 Å². The Hall–Kier alpha value is -0.670. The molecule has 1 aromatic carbocycles. The lowest BCUT2D eigenvalue weighted by atomic mass is 10.1. The molecule has 88 valence electrons. The Bertz CT molecular complexity index is 342. The van der Waals surface area contributed by atoms with Crippen LogP contribution < -0.4 is 10.1 Å². The molecule has 2 rings (SSSR count). The van der Waals surface area contributed by atoms with Gasteiger partial charge in [-0.25, -0.2) is 0 Å². The van der Waals surface area contributed by atoms with Crippen LogP contribution in [0.5, 0.6) is 5.75 Å². The number of nitrogens with one attached hydrogen (secondary N) is 1. The average Bonchev–Trinajstić information content (AvgIpc) is 2.54. The zero-order chi connectivity index (χ0) is 11.4. The van der Waals surface area contributed by atoms with Crippen LogP contribution in [0.3, 0.4) is 0 Å². The van der Waals surface area contributed by atoms with Crippen molar-refractivity contribution in [2.45, 2.75) is 13.0 Å². The average molecular weight is 237 g/mol. The third-order valence-corrected chi connectivity index (χ3v) is 4.29. The van der Waals surface area contributed by atoms with Gasteiger partial charge >= 0.3 is 0 Å². The second-order valence-electron chi connectivity index (χ2n) is 4.35. The fraction of sp³-hybridized carbons (Fsp3) is 0.538. The molecule has 16 heavy (non-hydrogen) atoms. The first kappa shape index (κ1) is 11.8. The maximum atomic E-state index is 5.42. The molecule has 1 N–H and O–H groups in total. The lowest BCUT2D eigenvalue weighted by molar-refractivity contribution is 0.400. The third kappa shape index (κ3) is 2.71. The lowest BCUT2D eigenvalue weighted by Gasteiger charge is -2.18. The molecule has 1 fully saturated rings. The minimum absolute atomic E-state index is 0.422. The fourth-order valence-electron chi connectivity index (χ4n) is 2.00. The predicted molar refractivity (Wildman–Crippen MR) is 70.2 cm³/mol. The van der Waals surface area contributed by atoms with Crippen molar-refractivity contribution in [3.8, 4) is 5.75 Å². The number of thioether (sulfide) groups is 1. The molecule has 3 heteroatoms. The summed E-state index contributed by atoms with van der Waals surface area (Å²) in [5.41, 5.74) is 1.28. The minimum Gasteiger partial charge on any atom is -0.496 e. The molecule has 1 aliphatic heterocycles. The van der Waals surface area contributed by atoms with Crippen molar-refractivity contribution in [2.75, 3.05) is 25.2 Å². The molecule has 2 nitrogen and oxygen atoms in total. The molecule has 0 spiro atoms. The first-order chi connectivity index (χ1) is 7.81. The van der Waals surface area contributed by atoms with Crippen LogP contribution in [0.2, 0.25) is 0 Å². The summed E-state index contributed by atoms with van der Waals surface area (Å²) in [5, 5.41) is 3.62. The molecule has 0 amide bonds. The van der Waals surface area contributed by atoms with Gasteiger partial charge in [0.15, 0.2) is 0 Å². The van der Waals surface area contributed by atoms with Gasteiger partial charge in [0.05, 0.1) is 7.11 Å². The largest absolute Gasteiger partial charge is 0.496 e. The number of hydrogen-bond acceptors (Lipinski definition) is 3. The third-order valence-electron chi connectivity index (χ3n) is 2.91. The molecule has 2 unspecified atom stereocenters. The molecule has 0 bridgehead atoms. The molecule has 2 atom stereocenters. The van der Waals surface area contributed by atoms with Crippen LogP contribution in [0.1, 0.15) is 18.5 Å². The summed E-state index contributed by atoms with van der Waals surface area (Å²) in [7, 11) is 1.74. The molecule has 0 radical (unpaired) electrons. The Balaban J connectivity index is 2.16. The van der Waals surface area contributed by atoms with Crippen molar-refractivity contribution in [1.82, 2.24) is 5.32 Å². The summed E-state index contributed by atoms with van der Waals surface area (Å²) in [5.74, 6) is 4.13. The zero-order valence-corrected chi connectivity index (χ0v) is 10.7. The number of para-hydroxylation sites is 1. The van der Waals surface area contributed by atoms with Gasteiger partial charge in [0.25, 0.3) is 0 Å². The van der Waals surface area contributed by atoms with Gasteiger partial charge in [-0.15, -0.1) is 0 Å². The van der Waals surface area contributed by atoms with Gasteiger partial charge in [-0.3, -0.25) is 0 Å². The van der Waals surface area contributed by atoms with Crippen LogP contribution in [-0.2, 0) is 0 Å². The highest BCUT2D eigenvalue weighted by molar-refractivity contribution is 7.99. The van der Waals surface area contributed by atoms with E-state index in [1.807, 2.05) is 23.9 Å². The molecule has 0 aromatic heterocycles. The van der Waals surface area contributed by atoms with E-state index in [-0.39, 0.29) is 0 Å². The Morgan fingerprint density at radius 1 is 1.31 bits per heavy atom. The van der Waals surface area contributed by atoms with Crippen molar-refractivity contribution in [3.63, 3.8) is 0 Å². The Labute approximate surface area is 102 Å². The van der Waals surface area contributed by atoms with E-state index in [1.54, 1.807) is 7.11 Å². The van der Waals surface area contributed by atoms with E-state index in [2.05, 4.69) is 24.4 Å². The van der Waals surface area contributed by atoms with Crippen molar-refractivity contribution in [3.05, 3.63) is 29.8 Å². The molecular formula is C13H19NOS. The van der Waals surface area contributed by atoms with E-state index in [1.165, 1.54) is 11.3 Å². The van der Waals surface area contributed by atoms with E-state index >= 15 is 0 Å². The van der Waals surface area contributed by atoms with Crippen LogP contribution in [0.25, 0.3) is 0 Å². The highest BCUT2D eigenvalue weighted by Gasteiger charge is 2.19. The Morgan fingerprint density at radius 2 is 2.12 bits per heavy atom. The van der Waals surface area contributed by atoms with Crippen LogP contribution in [0.4, 0.5) is 0 Å². The summed E-state index contributed by atoms with van der Waals surface area (Å²) < 4.78 is 5.42. The van der Waals surface area contributed by atoms with Gasteiger partial charge in [0.1, 0.15) is 5.75 Å². The first-order valence-electron chi connectivity index (χ1n) is 5.75. The highest BCUT2D eigenvalue weighted by Crippen LogP contribution is 2.29. The maximum absolute atomic E-state index is 5.42.